The van der Waals surface area contributed by atoms with E-state index in [4.69, 9.17) is 9.94 Å². The third-order valence-electron chi connectivity index (χ3n) is 5.54. The molecule has 0 aromatic heterocycles. The van der Waals surface area contributed by atoms with Crippen LogP contribution in [-0.4, -0.2) is 45.8 Å². The van der Waals surface area contributed by atoms with Gasteiger partial charge >= 0.3 is 5.97 Å². The summed E-state index contributed by atoms with van der Waals surface area (Å²) in [6, 6.07) is 0. The van der Waals surface area contributed by atoms with Crippen molar-refractivity contribution in [1.29, 1.82) is 0 Å². The second kappa shape index (κ2) is 10.7. The predicted octanol–water partition coefficient (Wildman–Crippen LogP) is 3.13. The van der Waals surface area contributed by atoms with Crippen molar-refractivity contribution in [2.75, 3.05) is 6.61 Å². The van der Waals surface area contributed by atoms with Crippen LogP contribution >= 0.6 is 0 Å². The van der Waals surface area contributed by atoms with Gasteiger partial charge in [-0.25, -0.2) is 0 Å². The standard InChI is InChI=1S/C20H33NO5/c1-2-3-4-6-16(22)8-9-17-18-13-15(11-14(18)12-19(17)23)21-26-10-5-7-20(24)25/h8-9,14,16-19,22-23H,2-7,10-13H2,1H3,(H,24,25)/b9-8?,21-15+/t14-,16?,17+,18+,19+/m0/s1. The van der Waals surface area contributed by atoms with Crippen molar-refractivity contribution >= 4 is 11.7 Å². The highest BCUT2D eigenvalue weighted by Gasteiger charge is 2.46. The minimum absolute atomic E-state index is 0.0699. The highest BCUT2D eigenvalue weighted by atomic mass is 16.6. The summed E-state index contributed by atoms with van der Waals surface area (Å²) in [4.78, 5) is 15.7. The lowest BCUT2D eigenvalue weighted by molar-refractivity contribution is -0.137. The Labute approximate surface area is 155 Å². The van der Waals surface area contributed by atoms with E-state index >= 15 is 0 Å². The zero-order valence-corrected chi connectivity index (χ0v) is 15.7. The second-order valence-corrected chi connectivity index (χ2v) is 7.65. The zero-order chi connectivity index (χ0) is 18.9. The lowest BCUT2D eigenvalue weighted by Crippen LogP contribution is -2.18. The Balaban J connectivity index is 1.79. The van der Waals surface area contributed by atoms with Gasteiger partial charge in [-0.15, -0.1) is 0 Å². The van der Waals surface area contributed by atoms with Crippen LogP contribution in [-0.2, 0) is 9.63 Å². The van der Waals surface area contributed by atoms with Gasteiger partial charge < -0.3 is 20.2 Å². The maximum atomic E-state index is 10.5. The first kappa shape index (κ1) is 20.9. The van der Waals surface area contributed by atoms with Gasteiger partial charge in [-0.2, -0.15) is 0 Å². The van der Waals surface area contributed by atoms with Crippen LogP contribution in [0, 0.1) is 17.8 Å². The number of nitrogens with zero attached hydrogens (tertiary/aromatic N) is 1. The summed E-state index contributed by atoms with van der Waals surface area (Å²) in [5.41, 5.74) is 1.00. The van der Waals surface area contributed by atoms with E-state index in [9.17, 15) is 15.0 Å². The molecule has 0 radical (unpaired) electrons. The number of hydrogen-bond donors (Lipinski definition) is 3. The van der Waals surface area contributed by atoms with E-state index in [2.05, 4.69) is 12.1 Å². The number of rotatable bonds is 11. The molecule has 2 saturated carbocycles. The van der Waals surface area contributed by atoms with E-state index in [1.165, 1.54) is 0 Å². The summed E-state index contributed by atoms with van der Waals surface area (Å²) < 4.78 is 0. The maximum absolute atomic E-state index is 10.5. The van der Waals surface area contributed by atoms with Crippen molar-refractivity contribution in [3.63, 3.8) is 0 Å². The molecule has 0 heterocycles. The molecule has 6 nitrogen and oxygen atoms in total. The van der Waals surface area contributed by atoms with Crippen LogP contribution in [0.2, 0.25) is 0 Å². The molecule has 3 N–H and O–H groups in total. The fourth-order valence-electron chi connectivity index (χ4n) is 4.16. The fourth-order valence-corrected chi connectivity index (χ4v) is 4.16. The van der Waals surface area contributed by atoms with Gasteiger partial charge in [-0.05, 0) is 43.9 Å². The summed E-state index contributed by atoms with van der Waals surface area (Å²) in [5, 5.41) is 33.2. The summed E-state index contributed by atoms with van der Waals surface area (Å²) in [7, 11) is 0. The third kappa shape index (κ3) is 6.40. The van der Waals surface area contributed by atoms with Crippen LogP contribution in [0.25, 0.3) is 0 Å². The molecule has 0 spiro atoms. The Morgan fingerprint density at radius 2 is 2.15 bits per heavy atom. The predicted molar refractivity (Wildman–Crippen MR) is 99.9 cm³/mol. The van der Waals surface area contributed by atoms with Crippen LogP contribution in [0.1, 0.15) is 64.7 Å². The Hall–Kier alpha value is -1.40. The first-order chi connectivity index (χ1) is 12.5. The van der Waals surface area contributed by atoms with E-state index in [0.29, 0.717) is 24.9 Å². The van der Waals surface area contributed by atoms with Gasteiger partial charge in [0.05, 0.1) is 17.9 Å². The molecule has 26 heavy (non-hydrogen) atoms. The van der Waals surface area contributed by atoms with Gasteiger partial charge in [0.1, 0.15) is 6.61 Å². The average molecular weight is 367 g/mol. The first-order valence-corrected chi connectivity index (χ1v) is 9.95. The molecule has 0 aromatic rings. The number of hydrogen-bond acceptors (Lipinski definition) is 5. The highest BCUT2D eigenvalue weighted by molar-refractivity contribution is 5.86. The number of aliphatic carboxylic acids is 1. The molecular formula is C20H33NO5. The Morgan fingerprint density at radius 1 is 1.35 bits per heavy atom. The number of aliphatic hydroxyl groups excluding tert-OH is 2. The molecule has 5 atom stereocenters. The van der Waals surface area contributed by atoms with Crippen LogP contribution in [0.4, 0.5) is 0 Å². The van der Waals surface area contributed by atoms with Crippen LogP contribution in [0.3, 0.4) is 0 Å². The molecular weight excluding hydrogens is 334 g/mol. The number of oxime groups is 1. The minimum Gasteiger partial charge on any atom is -0.481 e. The smallest absolute Gasteiger partial charge is 0.303 e. The lowest BCUT2D eigenvalue weighted by Gasteiger charge is -2.17. The lowest BCUT2D eigenvalue weighted by atomic mass is 9.90. The van der Waals surface area contributed by atoms with E-state index in [0.717, 1.165) is 50.7 Å². The number of carboxylic acid groups (broad SMARTS) is 1. The molecule has 0 saturated heterocycles. The van der Waals surface area contributed by atoms with E-state index in [-0.39, 0.29) is 18.4 Å². The second-order valence-electron chi connectivity index (χ2n) is 7.65. The number of carboxylic acids is 1. The van der Waals surface area contributed by atoms with Crippen LogP contribution in [0.5, 0.6) is 0 Å². The van der Waals surface area contributed by atoms with Crippen molar-refractivity contribution < 1.29 is 25.0 Å². The maximum Gasteiger partial charge on any atom is 0.303 e. The Bertz CT molecular complexity index is 504. The quantitative estimate of drug-likeness (QED) is 0.296. The van der Waals surface area contributed by atoms with E-state index in [1.807, 2.05) is 12.2 Å². The largest absolute Gasteiger partial charge is 0.481 e. The third-order valence-corrected chi connectivity index (χ3v) is 5.54. The molecule has 0 aliphatic heterocycles. The molecule has 0 bridgehead atoms. The molecule has 2 fully saturated rings. The first-order valence-electron chi connectivity index (χ1n) is 9.95. The van der Waals surface area contributed by atoms with Crippen molar-refractivity contribution in [2.45, 2.75) is 76.9 Å². The van der Waals surface area contributed by atoms with Crippen molar-refractivity contribution in [3.8, 4) is 0 Å². The molecule has 0 amide bonds. The molecule has 2 aliphatic carbocycles. The van der Waals surface area contributed by atoms with Crippen molar-refractivity contribution in [2.24, 2.45) is 22.9 Å². The van der Waals surface area contributed by atoms with Gasteiger partial charge in [0.15, 0.2) is 0 Å². The minimum atomic E-state index is -0.822. The Kier molecular flexibility index (Phi) is 8.59. The van der Waals surface area contributed by atoms with Gasteiger partial charge in [0.25, 0.3) is 0 Å². The molecule has 1 unspecified atom stereocenters. The summed E-state index contributed by atoms with van der Waals surface area (Å²) in [6.07, 6.45) is 10.1. The summed E-state index contributed by atoms with van der Waals surface area (Å²) >= 11 is 0. The van der Waals surface area contributed by atoms with Gasteiger partial charge in [-0.3, -0.25) is 4.79 Å². The number of fused-ring (bicyclic) bond motifs is 1. The fraction of sp³-hybridized carbons (Fsp3) is 0.800. The summed E-state index contributed by atoms with van der Waals surface area (Å²) in [5.74, 6) is 0.0152. The molecule has 148 valence electrons. The van der Waals surface area contributed by atoms with E-state index in [1.54, 1.807) is 0 Å². The molecule has 0 aromatic carbocycles. The monoisotopic (exact) mass is 367 g/mol. The van der Waals surface area contributed by atoms with Crippen molar-refractivity contribution in [3.05, 3.63) is 12.2 Å². The number of unbranched alkanes of at least 4 members (excludes halogenated alkanes) is 2. The van der Waals surface area contributed by atoms with Gasteiger partial charge in [0, 0.05) is 12.3 Å². The van der Waals surface area contributed by atoms with Gasteiger partial charge in [0.2, 0.25) is 0 Å². The van der Waals surface area contributed by atoms with E-state index < -0.39 is 12.1 Å². The van der Waals surface area contributed by atoms with Crippen LogP contribution < -0.4 is 0 Å². The van der Waals surface area contributed by atoms with Crippen molar-refractivity contribution in [1.82, 2.24) is 0 Å². The Morgan fingerprint density at radius 3 is 2.88 bits per heavy atom. The van der Waals surface area contributed by atoms with Crippen LogP contribution in [0.15, 0.2) is 17.3 Å². The molecule has 2 rings (SSSR count). The molecule has 6 heteroatoms. The normalized spacial score (nSPS) is 30.8. The molecule has 2 aliphatic rings. The van der Waals surface area contributed by atoms with Gasteiger partial charge in [-0.1, -0.05) is 43.5 Å². The highest BCUT2D eigenvalue weighted by Crippen LogP contribution is 2.47. The average Bonchev–Trinajstić information content (AvgIpc) is 3.09. The number of carbonyl (C=O) groups is 1. The topological polar surface area (TPSA) is 99.4 Å². The SMILES string of the molecule is CCCCCC(O)C=C[C@@H]1[C@@H]2C/C(=N/OCCCC(=O)O)C[C@H]2C[C@H]1O. The number of aliphatic hydroxyl groups is 2. The zero-order valence-electron chi connectivity index (χ0n) is 15.7. The summed E-state index contributed by atoms with van der Waals surface area (Å²) in [6.45, 7) is 2.47.